The molecule has 64 heavy (non-hydrogen) atoms. The van der Waals surface area contributed by atoms with E-state index < -0.39 is 29.7 Å². The number of fused-ring (bicyclic) bond motifs is 3. The number of tetrazole rings is 1. The molecule has 5 amide bonds. The minimum atomic E-state index is -0.974. The third-order valence-electron chi connectivity index (χ3n) is 13.3. The molecule has 2 atom stereocenters. The predicted molar refractivity (Wildman–Crippen MR) is 237 cm³/mol. The Morgan fingerprint density at radius 2 is 1.59 bits per heavy atom. The van der Waals surface area contributed by atoms with Gasteiger partial charge in [-0.1, -0.05) is 5.10 Å². The zero-order chi connectivity index (χ0) is 44.2. The maximum atomic E-state index is 13.7. The Kier molecular flexibility index (Phi) is 10.6. The van der Waals surface area contributed by atoms with Crippen molar-refractivity contribution in [2.24, 2.45) is 0 Å². The number of nitrogens with zero attached hydrogens (tertiary/aromatic N) is 12. The second-order valence-electron chi connectivity index (χ2n) is 17.0. The van der Waals surface area contributed by atoms with Gasteiger partial charge in [-0.2, -0.15) is 5.10 Å². The topological polar surface area (TPSA) is 214 Å². The van der Waals surface area contributed by atoms with Crippen LogP contribution in [0.4, 0.5) is 23.1 Å². The molecule has 8 heterocycles. The molecule has 1 unspecified atom stereocenters. The highest BCUT2D eigenvalue weighted by atomic mass is 16.2. The molecule has 0 bridgehead atoms. The van der Waals surface area contributed by atoms with E-state index in [1.165, 1.54) is 0 Å². The number of allylic oxidation sites excluding steroid dienone is 1. The number of rotatable bonds is 10. The van der Waals surface area contributed by atoms with Crippen LogP contribution in [-0.2, 0) is 14.4 Å². The van der Waals surface area contributed by atoms with E-state index in [-0.39, 0.29) is 24.8 Å². The minimum absolute atomic E-state index is 0.0909. The summed E-state index contributed by atoms with van der Waals surface area (Å²) in [6.07, 6.45) is 3.11. The van der Waals surface area contributed by atoms with E-state index in [2.05, 4.69) is 62.0 Å². The minimum Gasteiger partial charge on any atom is -0.369 e. The summed E-state index contributed by atoms with van der Waals surface area (Å²) in [5.74, 6) is -0.700. The van der Waals surface area contributed by atoms with Gasteiger partial charge >= 0.3 is 0 Å². The van der Waals surface area contributed by atoms with Crippen LogP contribution in [0.2, 0.25) is 0 Å². The largest absolute Gasteiger partial charge is 0.369 e. The normalized spacial score (nSPS) is 20.9. The van der Waals surface area contributed by atoms with Gasteiger partial charge in [0.15, 0.2) is 0 Å². The van der Waals surface area contributed by atoms with Crippen molar-refractivity contribution >= 4 is 63.6 Å². The molecule has 5 aromatic rings. The van der Waals surface area contributed by atoms with Gasteiger partial charge in [-0.3, -0.25) is 49.1 Å². The molecule has 3 aromatic heterocycles. The van der Waals surface area contributed by atoms with Crippen LogP contribution in [0.15, 0.2) is 66.0 Å². The summed E-state index contributed by atoms with van der Waals surface area (Å²) in [4.78, 5) is 81.4. The second kappa shape index (κ2) is 16.6. The summed E-state index contributed by atoms with van der Waals surface area (Å²) < 4.78 is 1.64. The summed E-state index contributed by atoms with van der Waals surface area (Å²) in [5.41, 5.74) is 6.09. The number of aromatic amines is 1. The number of hydrogen-bond donors (Lipinski definition) is 3. The van der Waals surface area contributed by atoms with Crippen molar-refractivity contribution in [2.75, 3.05) is 92.5 Å². The van der Waals surface area contributed by atoms with Crippen molar-refractivity contribution < 1.29 is 24.0 Å². The highest BCUT2D eigenvalue weighted by Gasteiger charge is 2.45. The van der Waals surface area contributed by atoms with Gasteiger partial charge in [0.25, 0.3) is 17.7 Å². The van der Waals surface area contributed by atoms with Gasteiger partial charge in [0.05, 0.1) is 28.3 Å². The fraction of sp³-hybridized carbons (Fsp3) is 0.409. The molecule has 3 fully saturated rings. The lowest BCUT2D eigenvalue weighted by molar-refractivity contribution is -0.136. The fourth-order valence-electron chi connectivity index (χ4n) is 9.62. The number of piperidine rings is 1. The molecule has 330 valence electrons. The summed E-state index contributed by atoms with van der Waals surface area (Å²) >= 11 is 0. The van der Waals surface area contributed by atoms with Crippen LogP contribution in [0.1, 0.15) is 59.9 Å². The van der Waals surface area contributed by atoms with Crippen LogP contribution in [0, 0.1) is 0 Å². The zero-order valence-corrected chi connectivity index (χ0v) is 36.0. The Hall–Kier alpha value is -7.06. The maximum Gasteiger partial charge on any atom is 0.262 e. The van der Waals surface area contributed by atoms with Crippen LogP contribution < -0.4 is 25.3 Å². The number of amides is 5. The lowest BCUT2D eigenvalue weighted by atomic mass is 10.0. The lowest BCUT2D eigenvalue weighted by Crippen LogP contribution is -2.54. The number of benzene rings is 2. The molecule has 5 aliphatic rings. The van der Waals surface area contributed by atoms with E-state index in [4.69, 9.17) is 4.98 Å². The van der Waals surface area contributed by atoms with Crippen molar-refractivity contribution in [1.82, 2.24) is 55.4 Å². The number of piperazine rings is 2. The van der Waals surface area contributed by atoms with E-state index in [9.17, 15) is 24.0 Å². The molecule has 0 aliphatic carbocycles. The molecule has 0 spiro atoms. The van der Waals surface area contributed by atoms with E-state index in [1.807, 2.05) is 62.3 Å². The number of imide groups is 2. The third-order valence-corrected chi connectivity index (χ3v) is 13.3. The molecule has 3 N–H and O–H groups in total. The Labute approximate surface area is 368 Å². The highest BCUT2D eigenvalue weighted by Crippen LogP contribution is 2.35. The van der Waals surface area contributed by atoms with Crippen molar-refractivity contribution in [2.45, 2.75) is 45.2 Å². The number of H-pyrrole nitrogens is 1. The summed E-state index contributed by atoms with van der Waals surface area (Å²) in [5, 5.41) is 26.0. The lowest BCUT2D eigenvalue weighted by Gasteiger charge is -2.37. The molecule has 0 saturated carbocycles. The molecule has 0 radical (unpaired) electrons. The first-order chi connectivity index (χ1) is 31.0. The number of carbonyl (C=O) groups excluding carboxylic acids is 5. The van der Waals surface area contributed by atoms with Gasteiger partial charge in [-0.25, -0.2) is 9.67 Å². The molecule has 20 heteroatoms. The van der Waals surface area contributed by atoms with Crippen LogP contribution in [0.3, 0.4) is 0 Å². The summed E-state index contributed by atoms with van der Waals surface area (Å²) in [7, 11) is 1.84. The van der Waals surface area contributed by atoms with Gasteiger partial charge in [0.2, 0.25) is 17.8 Å². The Morgan fingerprint density at radius 3 is 2.34 bits per heavy atom. The molecule has 20 nitrogen and oxygen atoms in total. The standard InChI is InChI=1S/C44H49N15O5/c1-26-38(27(2)59-44(53(26)3)50-51-52-59)41(62)46-29-5-8-34-33(24-29)39(49-48-34)28-11-12-45-36(23-28)57-21-17-55(18-22-57)14-4-13-54-15-19-56(20-16-54)30-6-7-31-32(25-30)43(64)58(42(31)63)35-9-10-37(60)47-40(35)61/h5-8,11-12,23-25,27,35H,4,9-10,13-22H2,1-3H3,(H,46,62)(H,48,49)(H,47,60,61)/t27-,35?/m1/s1. The summed E-state index contributed by atoms with van der Waals surface area (Å²) in [6, 6.07) is 13.8. The summed E-state index contributed by atoms with van der Waals surface area (Å²) in [6.45, 7) is 12.8. The second-order valence-corrected chi connectivity index (χ2v) is 17.0. The van der Waals surface area contributed by atoms with Crippen molar-refractivity contribution in [3.8, 4) is 11.3 Å². The van der Waals surface area contributed by atoms with Gasteiger partial charge in [0, 0.05) is 100 Å². The van der Waals surface area contributed by atoms with Crippen LogP contribution >= 0.6 is 0 Å². The van der Waals surface area contributed by atoms with Crippen LogP contribution in [0.25, 0.3) is 22.2 Å². The zero-order valence-electron chi connectivity index (χ0n) is 36.0. The molecule has 5 aliphatic heterocycles. The smallest absolute Gasteiger partial charge is 0.262 e. The Balaban J connectivity index is 0.699. The van der Waals surface area contributed by atoms with Gasteiger partial charge < -0.3 is 20.0 Å². The quantitative estimate of drug-likeness (QED) is 0.172. The number of nitrogens with one attached hydrogen (secondary N) is 3. The number of carbonyl (C=O) groups is 5. The van der Waals surface area contributed by atoms with E-state index in [1.54, 1.807) is 16.8 Å². The van der Waals surface area contributed by atoms with Crippen molar-refractivity contribution in [3.05, 3.63) is 77.1 Å². The number of anilines is 4. The third kappa shape index (κ3) is 7.40. The SMILES string of the molecule is CC1=C(C(=O)Nc2ccc3[nH]nc(-c4ccnc(N5CCN(CCCN6CCN(c7ccc8c(c7)C(=O)N(C7CCC(=O)NC7=O)C8=O)CC6)CC5)c4)c3c2)[C@@H](C)n2nnnc2N1C. The molecular weight excluding hydrogens is 819 g/mol. The molecule has 2 aromatic carbocycles. The Bertz CT molecular complexity index is 2730. The fourth-order valence-corrected chi connectivity index (χ4v) is 9.62. The van der Waals surface area contributed by atoms with Crippen LogP contribution in [-0.4, -0.2) is 158 Å². The van der Waals surface area contributed by atoms with E-state index >= 15 is 0 Å². The van der Waals surface area contributed by atoms with Crippen molar-refractivity contribution in [3.63, 3.8) is 0 Å². The van der Waals surface area contributed by atoms with Gasteiger partial charge in [-0.05, 0) is 98.7 Å². The van der Waals surface area contributed by atoms with Crippen LogP contribution in [0.5, 0.6) is 0 Å². The monoisotopic (exact) mass is 867 g/mol. The first-order valence-electron chi connectivity index (χ1n) is 21.8. The first kappa shape index (κ1) is 41.0. The van der Waals surface area contributed by atoms with E-state index in [0.717, 1.165) is 116 Å². The van der Waals surface area contributed by atoms with Crippen molar-refractivity contribution in [1.29, 1.82) is 0 Å². The maximum absolute atomic E-state index is 13.7. The van der Waals surface area contributed by atoms with Gasteiger partial charge in [-0.15, -0.1) is 0 Å². The molecule has 10 rings (SSSR count). The molecule has 3 saturated heterocycles. The number of hydrogen-bond acceptors (Lipinski definition) is 15. The number of aromatic nitrogens is 7. The average Bonchev–Trinajstić information content (AvgIpc) is 4.03. The first-order valence-corrected chi connectivity index (χ1v) is 21.8. The van der Waals surface area contributed by atoms with E-state index in [0.29, 0.717) is 28.3 Å². The predicted octanol–water partition coefficient (Wildman–Crippen LogP) is 2.27. The molecular formula is C44H49N15O5. The average molecular weight is 868 g/mol. The highest BCUT2D eigenvalue weighted by molar-refractivity contribution is 6.23. The van der Waals surface area contributed by atoms with Gasteiger partial charge in [0.1, 0.15) is 17.6 Å². The Morgan fingerprint density at radius 1 is 0.859 bits per heavy atom. The number of pyridine rings is 1.